The summed E-state index contributed by atoms with van der Waals surface area (Å²) in [6, 6.07) is 4.78. The van der Waals surface area contributed by atoms with Gasteiger partial charge in [-0.2, -0.15) is 0 Å². The lowest BCUT2D eigenvalue weighted by Gasteiger charge is -2.37. The molecule has 0 aromatic heterocycles. The number of amidine groups is 1. The van der Waals surface area contributed by atoms with E-state index in [0.717, 1.165) is 6.42 Å². The summed E-state index contributed by atoms with van der Waals surface area (Å²) in [5.41, 5.74) is 2.19. The first-order valence-corrected chi connectivity index (χ1v) is 14.1. The number of methoxy groups -OCH3 is 2. The van der Waals surface area contributed by atoms with Gasteiger partial charge in [0.15, 0.2) is 16.7 Å². The molecule has 11 heteroatoms. The standard InChI is InChI=1S/C29H35N3O7S/c1-6-14-39-28(35)24-18(3)30-29-32(25(24)21-11-8-12-22(36-4)26(21)37-5)20(17-40-29)15-23(33)31-13-9-10-19(16-31)27(34)38-7-2/h6,8,11-12,17,19,25H,1,7,9-10,13-16H2,2-5H3/t19-,25+/m1/s1. The topological polar surface area (TPSA) is 107 Å². The molecule has 0 radical (unpaired) electrons. The Morgan fingerprint density at radius 2 is 2.00 bits per heavy atom. The van der Waals surface area contributed by atoms with Gasteiger partial charge in [-0.15, -0.1) is 0 Å². The molecule has 1 aromatic carbocycles. The van der Waals surface area contributed by atoms with Gasteiger partial charge in [0.25, 0.3) is 0 Å². The summed E-state index contributed by atoms with van der Waals surface area (Å²) < 4.78 is 22.0. The van der Waals surface area contributed by atoms with Crippen LogP contribution in [0.1, 0.15) is 44.7 Å². The molecule has 0 N–H and O–H groups in total. The first-order chi connectivity index (χ1) is 19.3. The molecular formula is C29H35N3O7S. The normalized spacial score (nSPS) is 20.3. The van der Waals surface area contributed by atoms with Crippen LogP contribution >= 0.6 is 11.8 Å². The third-order valence-corrected chi connectivity index (χ3v) is 7.90. The number of ether oxygens (including phenoxy) is 4. The zero-order valence-corrected chi connectivity index (χ0v) is 24.1. The van der Waals surface area contributed by atoms with E-state index in [2.05, 4.69) is 6.58 Å². The van der Waals surface area contributed by atoms with Crippen molar-refractivity contribution in [2.24, 2.45) is 10.9 Å². The van der Waals surface area contributed by atoms with Crippen molar-refractivity contribution in [2.45, 2.75) is 39.2 Å². The molecule has 3 heterocycles. The highest BCUT2D eigenvalue weighted by atomic mass is 32.2. The third-order valence-electron chi connectivity index (χ3n) is 7.01. The molecule has 40 heavy (non-hydrogen) atoms. The van der Waals surface area contributed by atoms with Crippen LogP contribution in [0.25, 0.3) is 0 Å². The summed E-state index contributed by atoms with van der Waals surface area (Å²) >= 11 is 1.39. The number of likely N-dealkylation sites (tertiary alicyclic amines) is 1. The van der Waals surface area contributed by atoms with Gasteiger partial charge in [0.2, 0.25) is 5.91 Å². The van der Waals surface area contributed by atoms with Crippen LogP contribution in [-0.4, -0.2) is 73.3 Å². The van der Waals surface area contributed by atoms with E-state index in [1.807, 2.05) is 22.4 Å². The van der Waals surface area contributed by atoms with E-state index in [9.17, 15) is 14.4 Å². The van der Waals surface area contributed by atoms with Gasteiger partial charge < -0.3 is 28.7 Å². The Hall–Kier alpha value is -3.73. The first kappa shape index (κ1) is 29.3. The van der Waals surface area contributed by atoms with Gasteiger partial charge in [-0.1, -0.05) is 36.5 Å². The minimum Gasteiger partial charge on any atom is -0.493 e. The number of fused-ring (bicyclic) bond motifs is 1. The van der Waals surface area contributed by atoms with Crippen molar-refractivity contribution in [3.05, 3.63) is 58.8 Å². The second-order valence-electron chi connectivity index (χ2n) is 9.47. The van der Waals surface area contributed by atoms with Gasteiger partial charge in [-0.05, 0) is 38.2 Å². The number of allylic oxidation sites excluding steroid dienone is 1. The predicted molar refractivity (Wildman–Crippen MR) is 152 cm³/mol. The number of para-hydroxylation sites is 1. The highest BCUT2D eigenvalue weighted by molar-refractivity contribution is 8.16. The van der Waals surface area contributed by atoms with Crippen LogP contribution in [-0.2, 0) is 23.9 Å². The molecular weight excluding hydrogens is 534 g/mol. The van der Waals surface area contributed by atoms with E-state index in [0.29, 0.717) is 65.3 Å². The molecule has 1 saturated heterocycles. The number of carbonyl (C=O) groups is 3. The lowest BCUT2D eigenvalue weighted by atomic mass is 9.92. The Balaban J connectivity index is 1.68. The van der Waals surface area contributed by atoms with Crippen molar-refractivity contribution in [1.29, 1.82) is 0 Å². The monoisotopic (exact) mass is 569 g/mol. The molecule has 1 fully saturated rings. The summed E-state index contributed by atoms with van der Waals surface area (Å²) in [5.74, 6) is -0.274. The van der Waals surface area contributed by atoms with Gasteiger partial charge in [0, 0.05) is 24.4 Å². The van der Waals surface area contributed by atoms with E-state index in [-0.39, 0.29) is 30.8 Å². The molecule has 0 unspecified atom stereocenters. The predicted octanol–water partition coefficient (Wildman–Crippen LogP) is 4.20. The first-order valence-electron chi connectivity index (χ1n) is 13.2. The smallest absolute Gasteiger partial charge is 0.338 e. The summed E-state index contributed by atoms with van der Waals surface area (Å²) in [7, 11) is 3.09. The lowest BCUT2D eigenvalue weighted by molar-refractivity contribution is -0.151. The molecule has 0 spiro atoms. The molecule has 1 amide bonds. The summed E-state index contributed by atoms with van der Waals surface area (Å²) in [6.07, 6.45) is 3.00. The number of nitrogens with zero attached hydrogens (tertiary/aromatic N) is 3. The Morgan fingerprint density at radius 3 is 2.70 bits per heavy atom. The van der Waals surface area contributed by atoms with Crippen LogP contribution in [0.2, 0.25) is 0 Å². The summed E-state index contributed by atoms with van der Waals surface area (Å²) in [6.45, 7) is 8.43. The minimum atomic E-state index is -0.683. The Kier molecular flexibility index (Phi) is 9.57. The van der Waals surface area contributed by atoms with Gasteiger partial charge in [0.1, 0.15) is 6.61 Å². The average Bonchev–Trinajstić information content (AvgIpc) is 3.36. The number of carbonyl (C=O) groups excluding carboxylic acids is 3. The summed E-state index contributed by atoms with van der Waals surface area (Å²) in [4.78, 5) is 47.6. The van der Waals surface area contributed by atoms with Crippen molar-refractivity contribution < 1.29 is 33.3 Å². The van der Waals surface area contributed by atoms with Crippen LogP contribution in [0.5, 0.6) is 11.5 Å². The molecule has 0 saturated carbocycles. The largest absolute Gasteiger partial charge is 0.493 e. The van der Waals surface area contributed by atoms with Crippen molar-refractivity contribution in [3.8, 4) is 11.5 Å². The zero-order chi connectivity index (χ0) is 28.8. The van der Waals surface area contributed by atoms with Crippen molar-refractivity contribution in [2.75, 3.05) is 40.5 Å². The number of hydrogen-bond acceptors (Lipinski definition) is 10. The molecule has 0 bridgehead atoms. The molecule has 0 aliphatic carbocycles. The molecule has 2 atom stereocenters. The van der Waals surface area contributed by atoms with Crippen LogP contribution < -0.4 is 9.47 Å². The van der Waals surface area contributed by atoms with E-state index in [4.69, 9.17) is 23.9 Å². The second kappa shape index (κ2) is 13.1. The second-order valence-corrected chi connectivity index (χ2v) is 10.3. The fraction of sp³-hybridized carbons (Fsp3) is 0.448. The maximum atomic E-state index is 13.5. The quantitative estimate of drug-likeness (QED) is 0.303. The van der Waals surface area contributed by atoms with Crippen LogP contribution in [0.3, 0.4) is 0 Å². The highest BCUT2D eigenvalue weighted by Gasteiger charge is 2.43. The Bertz CT molecular complexity index is 1270. The molecule has 4 rings (SSSR count). The fourth-order valence-electron chi connectivity index (χ4n) is 5.19. The number of amides is 1. The maximum Gasteiger partial charge on any atom is 0.338 e. The summed E-state index contributed by atoms with van der Waals surface area (Å²) in [5, 5.41) is 2.52. The Morgan fingerprint density at radius 1 is 1.20 bits per heavy atom. The average molecular weight is 570 g/mol. The third kappa shape index (κ3) is 5.89. The zero-order valence-electron chi connectivity index (χ0n) is 23.3. The highest BCUT2D eigenvalue weighted by Crippen LogP contribution is 2.48. The van der Waals surface area contributed by atoms with Crippen molar-refractivity contribution in [3.63, 3.8) is 0 Å². The number of hydrogen-bond donors (Lipinski definition) is 0. The fourth-order valence-corrected chi connectivity index (χ4v) is 6.15. The van der Waals surface area contributed by atoms with Gasteiger partial charge in [-0.25, -0.2) is 9.79 Å². The number of benzene rings is 1. The maximum absolute atomic E-state index is 13.5. The minimum absolute atomic E-state index is 0.0423. The van der Waals surface area contributed by atoms with Crippen LogP contribution in [0, 0.1) is 5.92 Å². The lowest BCUT2D eigenvalue weighted by Crippen LogP contribution is -2.44. The Labute approximate surface area is 238 Å². The SMILES string of the molecule is C=CCOC(=O)C1=C(C)N=C2SC=C(CC(=O)N3CCC[C@@H](C(=O)OCC)C3)N2[C@H]1c1cccc(OC)c1OC. The number of piperidine rings is 1. The van der Waals surface area contributed by atoms with Crippen LogP contribution in [0.4, 0.5) is 0 Å². The van der Waals surface area contributed by atoms with Gasteiger partial charge in [-0.3, -0.25) is 9.59 Å². The number of rotatable bonds is 10. The molecule has 1 aromatic rings. The number of esters is 2. The number of aliphatic imine (C=N–C) groups is 1. The molecule has 3 aliphatic heterocycles. The van der Waals surface area contributed by atoms with E-state index in [1.165, 1.54) is 17.8 Å². The van der Waals surface area contributed by atoms with E-state index < -0.39 is 12.0 Å². The van der Waals surface area contributed by atoms with E-state index >= 15 is 0 Å². The van der Waals surface area contributed by atoms with E-state index in [1.54, 1.807) is 39.0 Å². The number of thioether (sulfide) groups is 1. The van der Waals surface area contributed by atoms with Crippen LogP contribution in [0.15, 0.2) is 58.2 Å². The van der Waals surface area contributed by atoms with Crippen molar-refractivity contribution in [1.82, 2.24) is 9.80 Å². The van der Waals surface area contributed by atoms with Gasteiger partial charge in [0.05, 0.1) is 50.5 Å². The van der Waals surface area contributed by atoms with Crippen molar-refractivity contribution >= 4 is 34.8 Å². The van der Waals surface area contributed by atoms with Gasteiger partial charge >= 0.3 is 11.9 Å². The molecule has 3 aliphatic rings. The molecule has 214 valence electrons. The molecule has 10 nitrogen and oxygen atoms in total.